The number of amides is 8. The minimum atomic E-state index is -1.21. The van der Waals surface area contributed by atoms with Crippen LogP contribution in [0.2, 0.25) is 5.02 Å². The fourth-order valence-electron chi connectivity index (χ4n) is 9.76. The smallest absolute Gasteiger partial charge is 0.408 e. The summed E-state index contributed by atoms with van der Waals surface area (Å²) in [6.07, 6.45) is 2.10. The highest BCUT2D eigenvalue weighted by Crippen LogP contribution is 2.33. The molecule has 0 bridgehead atoms. The summed E-state index contributed by atoms with van der Waals surface area (Å²) in [6, 6.07) is 7.86. The number of unbranched alkanes of at least 4 members (excludes halogenated alkanes) is 1. The molecule has 3 aromatic rings. The van der Waals surface area contributed by atoms with E-state index in [4.69, 9.17) is 26.8 Å². The zero-order chi connectivity index (χ0) is 57.2. The third-order valence-corrected chi connectivity index (χ3v) is 15.3. The standard InChI is InChI=1S/C56H76ClN9O11S/c1-32(35-17-19-37(20-18-35)48-33(2)59-31-78-48)60-51(72)43-27-40(68)28-65(43)53(74)49(55(4,5)6)63-46(70)16-11-10-13-36-14-12-15-44(47(36)57)76-30-38(21-24-45(58)69)61-50(71)42-23-22-39-25-26-64(34(3)67)29-41(52(73)66(39)42)62-54(75)77-56(7,8)9/h12,14-15,17-20,22,31-32,38,40-43,49,68H,10-11,13,16,21,23-30H2,1-9H3,(H2,58,69)(H,60,72)(H,61,71)(H,62,75)(H,63,70)/t32-,38-,40+,41-,42-,43-,49+/m0/s1. The number of primary amides is 1. The van der Waals surface area contributed by atoms with E-state index < -0.39 is 83.0 Å². The molecule has 20 nitrogen and oxygen atoms in total. The molecule has 0 spiro atoms. The Morgan fingerprint density at radius 3 is 2.28 bits per heavy atom. The van der Waals surface area contributed by atoms with Crippen molar-refractivity contribution in [1.82, 2.24) is 41.0 Å². The van der Waals surface area contributed by atoms with Gasteiger partial charge in [0.25, 0.3) is 5.91 Å². The number of halogens is 1. The van der Waals surface area contributed by atoms with Gasteiger partial charge in [-0.25, -0.2) is 9.78 Å². The van der Waals surface area contributed by atoms with Gasteiger partial charge in [0.05, 0.1) is 45.8 Å². The summed E-state index contributed by atoms with van der Waals surface area (Å²) in [7, 11) is 0. The van der Waals surface area contributed by atoms with E-state index in [1.807, 2.05) is 65.0 Å². The molecule has 0 aliphatic carbocycles. The minimum Gasteiger partial charge on any atom is -0.490 e. The van der Waals surface area contributed by atoms with E-state index in [-0.39, 0.29) is 76.2 Å². The number of nitrogens with one attached hydrogen (secondary N) is 4. The van der Waals surface area contributed by atoms with Crippen molar-refractivity contribution in [3.63, 3.8) is 0 Å². The van der Waals surface area contributed by atoms with Gasteiger partial charge in [0, 0.05) is 51.4 Å². The molecule has 8 amide bonds. The average Bonchev–Trinajstić information content (AvgIpc) is 4.13. The number of aromatic nitrogens is 1. The number of nitrogens with two attached hydrogens (primary N) is 1. The molecule has 2 fully saturated rings. The van der Waals surface area contributed by atoms with Crippen LogP contribution in [0.4, 0.5) is 4.79 Å². The summed E-state index contributed by atoms with van der Waals surface area (Å²) in [5.74, 6) is -2.87. The van der Waals surface area contributed by atoms with E-state index in [0.29, 0.717) is 42.2 Å². The number of aliphatic hydroxyl groups is 1. The number of thiazole rings is 1. The summed E-state index contributed by atoms with van der Waals surface area (Å²) < 4.78 is 11.6. The number of rotatable bonds is 20. The first-order valence-electron chi connectivity index (χ1n) is 26.5. The first kappa shape index (κ1) is 60.6. The topological polar surface area (TPSA) is 272 Å². The van der Waals surface area contributed by atoms with Crippen molar-refractivity contribution in [3.05, 3.63) is 81.6 Å². The molecule has 7 N–H and O–H groups in total. The monoisotopic (exact) mass is 1120 g/mol. The predicted molar refractivity (Wildman–Crippen MR) is 295 cm³/mol. The van der Waals surface area contributed by atoms with Gasteiger partial charge in [-0.2, -0.15) is 0 Å². The van der Waals surface area contributed by atoms with Crippen molar-refractivity contribution in [2.45, 2.75) is 168 Å². The molecule has 78 heavy (non-hydrogen) atoms. The van der Waals surface area contributed by atoms with Crippen molar-refractivity contribution >= 4 is 70.4 Å². The van der Waals surface area contributed by atoms with Crippen molar-refractivity contribution in [1.29, 1.82) is 0 Å². The number of fused-ring (bicyclic) bond motifs is 1. The fraction of sp³-hybridized carbons (Fsp3) is 0.554. The number of nitrogens with zero attached hydrogens (tertiary/aromatic N) is 4. The van der Waals surface area contributed by atoms with Crippen LogP contribution in [0.25, 0.3) is 10.4 Å². The Bertz CT molecular complexity index is 2720. The zero-order valence-corrected chi connectivity index (χ0v) is 47.7. The van der Waals surface area contributed by atoms with Crippen LogP contribution in [0.15, 0.2) is 59.7 Å². The van der Waals surface area contributed by atoms with Crippen LogP contribution in [-0.4, -0.2) is 140 Å². The molecule has 3 aliphatic heterocycles. The number of likely N-dealkylation sites (tertiary alicyclic amines) is 1. The Morgan fingerprint density at radius 2 is 1.64 bits per heavy atom. The SMILES string of the molecule is CC(=O)N1CCC2=CC[C@@H](C(=O)N[C@@H](CCC(N)=O)COc3cccc(CCCCC(=O)N[C@H](C(=O)N4C[C@H](O)C[C@H]4C(=O)N[C@@H](C)c4ccc(-c5scnc5C)cc4)C(C)(C)C)c3Cl)N2C(=O)[C@@H](NC(=O)OC(C)(C)C)C1. The van der Waals surface area contributed by atoms with Gasteiger partial charge in [-0.1, -0.05) is 74.8 Å². The highest BCUT2D eigenvalue weighted by molar-refractivity contribution is 7.13. The average molecular weight is 1120 g/mol. The van der Waals surface area contributed by atoms with Crippen LogP contribution in [0.5, 0.6) is 5.75 Å². The van der Waals surface area contributed by atoms with Crippen LogP contribution >= 0.6 is 22.9 Å². The lowest BCUT2D eigenvalue weighted by Gasteiger charge is -2.37. The second-order valence-corrected chi connectivity index (χ2v) is 23.6. The maximum Gasteiger partial charge on any atom is 0.408 e. The van der Waals surface area contributed by atoms with Crippen LogP contribution in [0.3, 0.4) is 0 Å². The van der Waals surface area contributed by atoms with Gasteiger partial charge >= 0.3 is 6.09 Å². The molecule has 4 heterocycles. The van der Waals surface area contributed by atoms with Gasteiger partial charge in [-0.3, -0.25) is 33.6 Å². The second-order valence-electron chi connectivity index (χ2n) is 22.4. The number of hydrogen-bond donors (Lipinski definition) is 6. The van der Waals surface area contributed by atoms with E-state index >= 15 is 0 Å². The van der Waals surface area contributed by atoms with Crippen LogP contribution in [0, 0.1) is 12.3 Å². The summed E-state index contributed by atoms with van der Waals surface area (Å²) >= 11 is 8.44. The normalized spacial score (nSPS) is 19.8. The molecule has 6 rings (SSSR count). The highest BCUT2D eigenvalue weighted by atomic mass is 35.5. The minimum absolute atomic E-state index is 0.0506. The molecule has 0 saturated carbocycles. The largest absolute Gasteiger partial charge is 0.490 e. The molecular weight excluding hydrogens is 1040 g/mol. The number of benzene rings is 2. The van der Waals surface area contributed by atoms with E-state index in [0.717, 1.165) is 27.3 Å². The van der Waals surface area contributed by atoms with E-state index in [1.165, 1.54) is 21.6 Å². The summed E-state index contributed by atoms with van der Waals surface area (Å²) in [6.45, 7) is 15.7. The Kier molecular flexibility index (Phi) is 20.5. The molecule has 3 aliphatic rings. The third-order valence-electron chi connectivity index (χ3n) is 13.9. The van der Waals surface area contributed by atoms with Crippen molar-refractivity contribution in [2.75, 3.05) is 26.2 Å². The second kappa shape index (κ2) is 26.4. The molecule has 0 radical (unpaired) electrons. The Balaban J connectivity index is 1.02. The van der Waals surface area contributed by atoms with Gasteiger partial charge in [-0.05, 0) is 94.9 Å². The number of hydrogen-bond acceptors (Lipinski definition) is 13. The predicted octanol–water partition coefficient (Wildman–Crippen LogP) is 5.61. The number of β-amino-alcohol motifs (C(OH)–C–C–N with tert-alkyl or cyclic N) is 1. The Morgan fingerprint density at radius 1 is 0.936 bits per heavy atom. The van der Waals surface area contributed by atoms with Gasteiger partial charge in [0.2, 0.25) is 35.4 Å². The van der Waals surface area contributed by atoms with Gasteiger partial charge in [0.1, 0.15) is 42.1 Å². The van der Waals surface area contributed by atoms with Crippen molar-refractivity contribution < 1.29 is 52.9 Å². The van der Waals surface area contributed by atoms with Gasteiger partial charge < -0.3 is 56.3 Å². The third kappa shape index (κ3) is 16.2. The highest BCUT2D eigenvalue weighted by Gasteiger charge is 2.46. The molecular formula is C56H76ClN9O11S. The number of alkyl carbamates (subject to hydrolysis) is 1. The summed E-state index contributed by atoms with van der Waals surface area (Å²) in [4.78, 5) is 117. The molecule has 1 aromatic heterocycles. The number of aliphatic hydroxyl groups excluding tert-OH is 1. The van der Waals surface area contributed by atoms with E-state index in [1.54, 1.807) is 55.8 Å². The first-order chi connectivity index (χ1) is 36.7. The molecule has 2 aromatic carbocycles. The van der Waals surface area contributed by atoms with Crippen LogP contribution < -0.4 is 31.7 Å². The quantitative estimate of drug-likeness (QED) is 0.0754. The number of carbonyl (C=O) groups is 8. The summed E-state index contributed by atoms with van der Waals surface area (Å²) in [5.41, 5.74) is 9.83. The van der Waals surface area contributed by atoms with E-state index in [2.05, 4.69) is 26.3 Å². The maximum absolute atomic E-state index is 14.3. The van der Waals surface area contributed by atoms with E-state index in [9.17, 15) is 43.5 Å². The van der Waals surface area contributed by atoms with Crippen molar-refractivity contribution in [3.8, 4) is 16.2 Å². The fourth-order valence-corrected chi connectivity index (χ4v) is 10.8. The lowest BCUT2D eigenvalue weighted by Crippen LogP contribution is -2.59. The van der Waals surface area contributed by atoms with Gasteiger partial charge in [-0.15, -0.1) is 11.3 Å². The Hall–Kier alpha value is -6.58. The number of aryl methyl sites for hydroxylation is 2. The molecule has 424 valence electrons. The molecule has 7 atom stereocenters. The number of carbonyl (C=O) groups excluding carboxylic acids is 8. The molecule has 0 unspecified atom stereocenters. The summed E-state index contributed by atoms with van der Waals surface area (Å²) in [5, 5.41) is 22.5. The number of ether oxygens (including phenoxy) is 2. The van der Waals surface area contributed by atoms with Gasteiger partial charge in [0.15, 0.2) is 0 Å². The zero-order valence-electron chi connectivity index (χ0n) is 46.1. The molecule has 2 saturated heterocycles. The Labute approximate surface area is 465 Å². The van der Waals surface area contributed by atoms with Crippen LogP contribution in [0.1, 0.15) is 130 Å². The molecule has 22 heteroatoms. The van der Waals surface area contributed by atoms with Crippen LogP contribution in [-0.2, 0) is 44.7 Å². The lowest BCUT2D eigenvalue weighted by atomic mass is 9.85. The first-order valence-corrected chi connectivity index (χ1v) is 27.8. The maximum atomic E-state index is 14.3. The van der Waals surface area contributed by atoms with Crippen molar-refractivity contribution in [2.24, 2.45) is 11.1 Å². The lowest BCUT2D eigenvalue weighted by molar-refractivity contribution is -0.144.